The minimum absolute atomic E-state index is 0.169. The third-order valence-electron chi connectivity index (χ3n) is 2.51. The number of hydrogen-bond acceptors (Lipinski definition) is 3. The zero-order valence-electron chi connectivity index (χ0n) is 9.01. The molecular formula is C10H22N2O. The minimum atomic E-state index is -0.169. The van der Waals surface area contributed by atoms with E-state index >= 15 is 0 Å². The van der Waals surface area contributed by atoms with Crippen LogP contribution in [0.1, 0.15) is 27.2 Å². The van der Waals surface area contributed by atoms with Gasteiger partial charge in [-0.05, 0) is 27.2 Å². The van der Waals surface area contributed by atoms with E-state index < -0.39 is 0 Å². The molecule has 1 atom stereocenters. The van der Waals surface area contributed by atoms with Crippen LogP contribution in [0.4, 0.5) is 0 Å². The number of hydrogen-bond donors (Lipinski definition) is 2. The second-order valence-corrected chi connectivity index (χ2v) is 4.72. The van der Waals surface area contributed by atoms with E-state index in [0.29, 0.717) is 0 Å². The Balaban J connectivity index is 2.26. The van der Waals surface area contributed by atoms with Gasteiger partial charge in [0.25, 0.3) is 0 Å². The quantitative estimate of drug-likeness (QED) is 0.671. The lowest BCUT2D eigenvalue weighted by Gasteiger charge is -2.39. The molecular weight excluding hydrogens is 164 g/mol. The van der Waals surface area contributed by atoms with Crippen LogP contribution in [-0.4, -0.2) is 47.8 Å². The molecule has 0 saturated carbocycles. The molecule has 1 unspecified atom stereocenters. The number of aliphatic hydroxyl groups excluding tert-OH is 1. The Labute approximate surface area is 81.1 Å². The van der Waals surface area contributed by atoms with Gasteiger partial charge in [0.1, 0.15) is 0 Å². The molecule has 0 spiro atoms. The van der Waals surface area contributed by atoms with Gasteiger partial charge < -0.3 is 15.3 Å². The average molecular weight is 186 g/mol. The maximum atomic E-state index is 9.17. The van der Waals surface area contributed by atoms with E-state index in [2.05, 4.69) is 24.1 Å². The van der Waals surface area contributed by atoms with Crippen LogP contribution in [-0.2, 0) is 0 Å². The monoisotopic (exact) mass is 186 g/mol. The fourth-order valence-corrected chi connectivity index (χ4v) is 1.81. The van der Waals surface area contributed by atoms with Crippen molar-refractivity contribution >= 4 is 0 Å². The first-order valence-corrected chi connectivity index (χ1v) is 5.15. The summed E-state index contributed by atoms with van der Waals surface area (Å²) in [6.45, 7) is 10.6. The van der Waals surface area contributed by atoms with Gasteiger partial charge >= 0.3 is 0 Å². The maximum Gasteiger partial charge on any atom is 0.0524 e. The Morgan fingerprint density at radius 3 is 2.77 bits per heavy atom. The first-order chi connectivity index (χ1) is 5.99. The molecule has 3 nitrogen and oxygen atoms in total. The van der Waals surface area contributed by atoms with Gasteiger partial charge in [-0.2, -0.15) is 0 Å². The molecule has 1 heterocycles. The molecule has 2 N–H and O–H groups in total. The molecule has 0 aromatic carbocycles. The largest absolute Gasteiger partial charge is 0.393 e. The standard InChI is InChI=1S/C10H22N2O/c1-9(13)4-6-12-7-5-11-10(2,3)8-12/h9,11,13H,4-8H2,1-3H3. The molecule has 0 aromatic heterocycles. The number of nitrogens with zero attached hydrogens (tertiary/aromatic N) is 1. The van der Waals surface area contributed by atoms with E-state index in [0.717, 1.165) is 32.6 Å². The zero-order valence-corrected chi connectivity index (χ0v) is 9.01. The van der Waals surface area contributed by atoms with Crippen molar-refractivity contribution in [1.29, 1.82) is 0 Å². The third kappa shape index (κ3) is 4.07. The van der Waals surface area contributed by atoms with Crippen molar-refractivity contribution in [2.75, 3.05) is 26.2 Å². The van der Waals surface area contributed by atoms with Gasteiger partial charge in [-0.3, -0.25) is 0 Å². The van der Waals surface area contributed by atoms with E-state index in [-0.39, 0.29) is 11.6 Å². The van der Waals surface area contributed by atoms with Crippen LogP contribution < -0.4 is 5.32 Å². The van der Waals surface area contributed by atoms with Crippen LogP contribution in [0.15, 0.2) is 0 Å². The lowest BCUT2D eigenvalue weighted by molar-refractivity contribution is 0.119. The Morgan fingerprint density at radius 2 is 2.23 bits per heavy atom. The maximum absolute atomic E-state index is 9.17. The molecule has 13 heavy (non-hydrogen) atoms. The lowest BCUT2D eigenvalue weighted by atomic mass is 10.0. The summed E-state index contributed by atoms with van der Waals surface area (Å²) < 4.78 is 0. The molecule has 0 aromatic rings. The van der Waals surface area contributed by atoms with E-state index in [1.807, 2.05) is 6.92 Å². The highest BCUT2D eigenvalue weighted by Crippen LogP contribution is 2.10. The van der Waals surface area contributed by atoms with Gasteiger partial charge in [0.05, 0.1) is 6.10 Å². The Hall–Kier alpha value is -0.120. The van der Waals surface area contributed by atoms with Crippen molar-refractivity contribution in [3.8, 4) is 0 Å². The zero-order chi connectivity index (χ0) is 9.90. The SMILES string of the molecule is CC(O)CCN1CCNC(C)(C)C1. The summed E-state index contributed by atoms with van der Waals surface area (Å²) in [5.74, 6) is 0. The van der Waals surface area contributed by atoms with Crippen molar-refractivity contribution < 1.29 is 5.11 Å². The topological polar surface area (TPSA) is 35.5 Å². The van der Waals surface area contributed by atoms with Gasteiger partial charge in [0.15, 0.2) is 0 Å². The fraction of sp³-hybridized carbons (Fsp3) is 1.00. The summed E-state index contributed by atoms with van der Waals surface area (Å²) in [7, 11) is 0. The highest BCUT2D eigenvalue weighted by atomic mass is 16.3. The molecule has 1 fully saturated rings. The normalized spacial score (nSPS) is 25.8. The molecule has 1 rings (SSSR count). The van der Waals surface area contributed by atoms with Crippen molar-refractivity contribution in [2.45, 2.75) is 38.8 Å². The third-order valence-corrected chi connectivity index (χ3v) is 2.51. The number of nitrogens with one attached hydrogen (secondary N) is 1. The van der Waals surface area contributed by atoms with Crippen LogP contribution in [0.25, 0.3) is 0 Å². The average Bonchev–Trinajstić information content (AvgIpc) is 1.99. The Morgan fingerprint density at radius 1 is 1.54 bits per heavy atom. The first-order valence-electron chi connectivity index (χ1n) is 5.15. The summed E-state index contributed by atoms with van der Waals surface area (Å²) in [5, 5.41) is 12.6. The molecule has 78 valence electrons. The molecule has 3 heteroatoms. The smallest absolute Gasteiger partial charge is 0.0524 e. The first kappa shape index (κ1) is 11.0. The van der Waals surface area contributed by atoms with Gasteiger partial charge in [-0.25, -0.2) is 0 Å². The van der Waals surface area contributed by atoms with Crippen molar-refractivity contribution in [3.63, 3.8) is 0 Å². The number of piperazine rings is 1. The van der Waals surface area contributed by atoms with Gasteiger partial charge in [-0.15, -0.1) is 0 Å². The van der Waals surface area contributed by atoms with Crippen LogP contribution in [0.2, 0.25) is 0 Å². The van der Waals surface area contributed by atoms with Gasteiger partial charge in [0.2, 0.25) is 0 Å². The Kier molecular flexibility index (Phi) is 3.71. The molecule has 0 amide bonds. The Bertz CT molecular complexity index is 157. The van der Waals surface area contributed by atoms with Gasteiger partial charge in [-0.1, -0.05) is 0 Å². The molecule has 1 aliphatic rings. The second kappa shape index (κ2) is 4.40. The predicted molar refractivity (Wildman–Crippen MR) is 54.8 cm³/mol. The van der Waals surface area contributed by atoms with Crippen LogP contribution >= 0.6 is 0 Å². The van der Waals surface area contributed by atoms with Crippen LogP contribution in [0.3, 0.4) is 0 Å². The summed E-state index contributed by atoms with van der Waals surface area (Å²) in [6.07, 6.45) is 0.716. The lowest BCUT2D eigenvalue weighted by Crippen LogP contribution is -2.57. The van der Waals surface area contributed by atoms with Crippen LogP contribution in [0.5, 0.6) is 0 Å². The van der Waals surface area contributed by atoms with Crippen molar-refractivity contribution in [3.05, 3.63) is 0 Å². The van der Waals surface area contributed by atoms with Crippen molar-refractivity contribution in [1.82, 2.24) is 10.2 Å². The molecule has 0 radical (unpaired) electrons. The summed E-state index contributed by atoms with van der Waals surface area (Å²) in [5.41, 5.74) is 0.233. The number of rotatable bonds is 3. The summed E-state index contributed by atoms with van der Waals surface area (Å²) >= 11 is 0. The number of aliphatic hydroxyl groups is 1. The highest BCUT2D eigenvalue weighted by Gasteiger charge is 2.25. The minimum Gasteiger partial charge on any atom is -0.393 e. The van der Waals surface area contributed by atoms with E-state index in [9.17, 15) is 5.11 Å². The van der Waals surface area contributed by atoms with Crippen LogP contribution in [0, 0.1) is 0 Å². The molecule has 1 saturated heterocycles. The second-order valence-electron chi connectivity index (χ2n) is 4.72. The molecule has 0 aliphatic carbocycles. The molecule has 0 bridgehead atoms. The highest BCUT2D eigenvalue weighted by molar-refractivity contribution is 4.86. The van der Waals surface area contributed by atoms with Gasteiger partial charge in [0, 0.05) is 31.7 Å². The predicted octanol–water partition coefficient (Wildman–Crippen LogP) is 0.441. The summed E-state index contributed by atoms with van der Waals surface area (Å²) in [6, 6.07) is 0. The molecule has 1 aliphatic heterocycles. The van der Waals surface area contributed by atoms with E-state index in [1.54, 1.807) is 0 Å². The van der Waals surface area contributed by atoms with E-state index in [1.165, 1.54) is 0 Å². The van der Waals surface area contributed by atoms with Crippen molar-refractivity contribution in [2.24, 2.45) is 0 Å². The fourth-order valence-electron chi connectivity index (χ4n) is 1.81. The summed E-state index contributed by atoms with van der Waals surface area (Å²) in [4.78, 5) is 2.42. The van der Waals surface area contributed by atoms with E-state index in [4.69, 9.17) is 0 Å².